The molecule has 3 rings (SSSR count). The Morgan fingerprint density at radius 3 is 2.52 bits per heavy atom. The lowest BCUT2D eigenvalue weighted by Gasteiger charge is -2.05. The van der Waals surface area contributed by atoms with Crippen LogP contribution in [0.3, 0.4) is 0 Å². The molecule has 1 aromatic heterocycles. The molecule has 0 fully saturated rings. The monoisotopic (exact) mass is 318 g/mol. The van der Waals surface area contributed by atoms with E-state index in [0.29, 0.717) is 26.6 Å². The first-order valence-corrected chi connectivity index (χ1v) is 6.81. The van der Waals surface area contributed by atoms with E-state index in [1.807, 2.05) is 0 Å². The van der Waals surface area contributed by atoms with Crippen molar-refractivity contribution in [3.8, 4) is 11.3 Å². The van der Waals surface area contributed by atoms with Gasteiger partial charge >= 0.3 is 0 Å². The molecule has 3 aromatic rings. The molecule has 0 spiro atoms. The number of aromatic nitrogens is 1. The van der Waals surface area contributed by atoms with Crippen molar-refractivity contribution in [2.24, 2.45) is 0 Å². The van der Waals surface area contributed by atoms with Crippen molar-refractivity contribution >= 4 is 39.8 Å². The second kappa shape index (κ2) is 5.31. The maximum Gasteiger partial charge on any atom is 0.278 e. The summed E-state index contributed by atoms with van der Waals surface area (Å²) in [5, 5.41) is 12.4. The maximum absolute atomic E-state index is 11.0. The molecular weight excluding hydrogens is 311 g/mol. The molecule has 104 valence electrons. The van der Waals surface area contributed by atoms with Gasteiger partial charge in [0, 0.05) is 11.6 Å². The molecule has 0 saturated carbocycles. The summed E-state index contributed by atoms with van der Waals surface area (Å²) < 4.78 is 0. The molecule has 0 saturated heterocycles. The van der Waals surface area contributed by atoms with Gasteiger partial charge in [-0.15, -0.1) is 0 Å². The highest BCUT2D eigenvalue weighted by atomic mass is 35.5. The van der Waals surface area contributed by atoms with Gasteiger partial charge in [-0.3, -0.25) is 10.1 Å². The summed E-state index contributed by atoms with van der Waals surface area (Å²) in [6, 6.07) is 13.5. The van der Waals surface area contributed by atoms with E-state index in [2.05, 4.69) is 4.98 Å². The Hall–Kier alpha value is -2.17. The Morgan fingerprint density at radius 2 is 1.81 bits per heavy atom. The minimum Gasteiger partial charge on any atom is -0.258 e. The molecule has 1 heterocycles. The van der Waals surface area contributed by atoms with Gasteiger partial charge in [0.15, 0.2) is 0 Å². The van der Waals surface area contributed by atoms with Crippen molar-refractivity contribution in [1.82, 2.24) is 4.98 Å². The number of hydrogen-bond donors (Lipinski definition) is 0. The van der Waals surface area contributed by atoms with E-state index in [1.54, 1.807) is 42.5 Å². The van der Waals surface area contributed by atoms with Gasteiger partial charge in [0.25, 0.3) is 5.69 Å². The summed E-state index contributed by atoms with van der Waals surface area (Å²) in [7, 11) is 0. The lowest BCUT2D eigenvalue weighted by atomic mass is 10.1. The molecule has 0 aliphatic heterocycles. The van der Waals surface area contributed by atoms with E-state index >= 15 is 0 Å². The van der Waals surface area contributed by atoms with Crippen molar-refractivity contribution in [1.29, 1.82) is 0 Å². The van der Waals surface area contributed by atoms with E-state index in [9.17, 15) is 10.1 Å². The van der Waals surface area contributed by atoms with Crippen LogP contribution in [0.1, 0.15) is 0 Å². The second-order valence-corrected chi connectivity index (χ2v) is 5.24. The minimum absolute atomic E-state index is 0.0423. The first-order valence-electron chi connectivity index (χ1n) is 6.06. The minimum atomic E-state index is -0.414. The summed E-state index contributed by atoms with van der Waals surface area (Å²) in [4.78, 5) is 15.0. The highest BCUT2D eigenvalue weighted by Crippen LogP contribution is 2.30. The van der Waals surface area contributed by atoms with Crippen LogP contribution in [0.4, 0.5) is 5.69 Å². The third-order valence-corrected chi connectivity index (χ3v) is 3.86. The van der Waals surface area contributed by atoms with Crippen LogP contribution in [0.15, 0.2) is 48.5 Å². The van der Waals surface area contributed by atoms with Gasteiger partial charge < -0.3 is 0 Å². The fraction of sp³-hybridized carbons (Fsp3) is 0. The fourth-order valence-corrected chi connectivity index (χ4v) is 2.41. The molecule has 0 N–H and O–H groups in total. The lowest BCUT2D eigenvalue weighted by molar-refractivity contribution is -0.383. The Kier molecular flexibility index (Phi) is 3.49. The van der Waals surface area contributed by atoms with E-state index < -0.39 is 4.92 Å². The molecule has 6 heteroatoms. The number of non-ortho nitro benzene ring substituents is 1. The number of nitro groups is 1. The Labute approximate surface area is 130 Å². The van der Waals surface area contributed by atoms with E-state index in [-0.39, 0.29) is 5.69 Å². The van der Waals surface area contributed by atoms with Crippen LogP contribution < -0.4 is 0 Å². The summed E-state index contributed by atoms with van der Waals surface area (Å²) in [5.74, 6) is 0. The van der Waals surface area contributed by atoms with Crippen LogP contribution in [0.25, 0.3) is 22.2 Å². The average Bonchev–Trinajstić information content (AvgIpc) is 2.48. The predicted molar refractivity (Wildman–Crippen MR) is 83.9 cm³/mol. The van der Waals surface area contributed by atoms with Crippen LogP contribution in [-0.4, -0.2) is 9.91 Å². The van der Waals surface area contributed by atoms with Crippen molar-refractivity contribution in [3.05, 3.63) is 68.7 Å². The number of fused-ring (bicyclic) bond motifs is 1. The van der Waals surface area contributed by atoms with Gasteiger partial charge in [0.2, 0.25) is 0 Å². The van der Waals surface area contributed by atoms with E-state index in [4.69, 9.17) is 23.2 Å². The molecule has 4 nitrogen and oxygen atoms in total. The third kappa shape index (κ3) is 2.55. The molecule has 2 aromatic carbocycles. The largest absolute Gasteiger partial charge is 0.278 e. The standard InChI is InChI=1S/C15H8Cl2N2O2/c16-11-6-4-9(8-12(11)17)13-7-5-10-14(18-13)2-1-3-15(10)19(20)21/h1-8H. The predicted octanol–water partition coefficient (Wildman–Crippen LogP) is 5.12. The molecule has 0 aliphatic carbocycles. The van der Waals surface area contributed by atoms with Crippen LogP contribution in [-0.2, 0) is 0 Å². The van der Waals surface area contributed by atoms with E-state index in [1.165, 1.54) is 6.07 Å². The number of rotatable bonds is 2. The zero-order valence-corrected chi connectivity index (χ0v) is 12.1. The Morgan fingerprint density at radius 1 is 1.00 bits per heavy atom. The van der Waals surface area contributed by atoms with Gasteiger partial charge in [-0.05, 0) is 30.3 Å². The smallest absolute Gasteiger partial charge is 0.258 e. The van der Waals surface area contributed by atoms with Gasteiger partial charge in [0.05, 0.1) is 31.6 Å². The summed E-state index contributed by atoms with van der Waals surface area (Å²) >= 11 is 11.9. The third-order valence-electron chi connectivity index (χ3n) is 3.12. The molecule has 0 amide bonds. The second-order valence-electron chi connectivity index (χ2n) is 4.43. The van der Waals surface area contributed by atoms with Crippen molar-refractivity contribution in [2.45, 2.75) is 0 Å². The summed E-state index contributed by atoms with van der Waals surface area (Å²) in [6.07, 6.45) is 0. The van der Waals surface area contributed by atoms with Crippen LogP contribution in [0, 0.1) is 10.1 Å². The molecular formula is C15H8Cl2N2O2. The molecule has 21 heavy (non-hydrogen) atoms. The average molecular weight is 319 g/mol. The summed E-state index contributed by atoms with van der Waals surface area (Å²) in [5.41, 5.74) is 2.09. The van der Waals surface area contributed by atoms with Crippen LogP contribution >= 0.6 is 23.2 Å². The van der Waals surface area contributed by atoms with Gasteiger partial charge in [-0.2, -0.15) is 0 Å². The first-order chi connectivity index (χ1) is 10.1. The van der Waals surface area contributed by atoms with Gasteiger partial charge in [-0.25, -0.2) is 4.98 Å². The Bertz CT molecular complexity index is 865. The molecule has 0 unspecified atom stereocenters. The molecule has 0 aliphatic rings. The number of benzene rings is 2. The quantitative estimate of drug-likeness (QED) is 0.487. The molecule has 0 bridgehead atoms. The lowest BCUT2D eigenvalue weighted by Crippen LogP contribution is -1.91. The SMILES string of the molecule is O=[N+]([O-])c1cccc2nc(-c3ccc(Cl)c(Cl)c3)ccc12. The van der Waals surface area contributed by atoms with Crippen LogP contribution in [0.2, 0.25) is 10.0 Å². The highest BCUT2D eigenvalue weighted by molar-refractivity contribution is 6.42. The number of pyridine rings is 1. The number of nitrogens with zero attached hydrogens (tertiary/aromatic N) is 2. The van der Waals surface area contributed by atoms with Crippen molar-refractivity contribution in [2.75, 3.05) is 0 Å². The van der Waals surface area contributed by atoms with Gasteiger partial charge in [0.1, 0.15) is 0 Å². The van der Waals surface area contributed by atoms with Crippen LogP contribution in [0.5, 0.6) is 0 Å². The van der Waals surface area contributed by atoms with Crippen molar-refractivity contribution in [3.63, 3.8) is 0 Å². The fourth-order valence-electron chi connectivity index (χ4n) is 2.11. The van der Waals surface area contributed by atoms with E-state index in [0.717, 1.165) is 5.56 Å². The number of nitro benzene ring substituents is 1. The normalized spacial score (nSPS) is 10.8. The first kappa shape index (κ1) is 13.8. The Balaban J connectivity index is 2.17. The summed E-state index contributed by atoms with van der Waals surface area (Å²) in [6.45, 7) is 0. The highest BCUT2D eigenvalue weighted by Gasteiger charge is 2.12. The van der Waals surface area contributed by atoms with Crippen molar-refractivity contribution < 1.29 is 4.92 Å². The number of hydrogen-bond acceptors (Lipinski definition) is 3. The zero-order chi connectivity index (χ0) is 15.0. The zero-order valence-electron chi connectivity index (χ0n) is 10.6. The van der Waals surface area contributed by atoms with Gasteiger partial charge in [-0.1, -0.05) is 35.3 Å². The molecule has 0 radical (unpaired) electrons. The molecule has 0 atom stereocenters. The maximum atomic E-state index is 11.0. The number of halogens is 2. The topological polar surface area (TPSA) is 56.0 Å².